The summed E-state index contributed by atoms with van der Waals surface area (Å²) in [5.41, 5.74) is 3.14. The van der Waals surface area contributed by atoms with Crippen LogP contribution >= 0.6 is 0 Å². The fourth-order valence-corrected chi connectivity index (χ4v) is 3.06. The van der Waals surface area contributed by atoms with E-state index in [9.17, 15) is 4.79 Å². The molecule has 0 saturated heterocycles. The van der Waals surface area contributed by atoms with Gasteiger partial charge in [0.15, 0.2) is 0 Å². The van der Waals surface area contributed by atoms with Gasteiger partial charge in [0.05, 0.1) is 6.10 Å². The lowest BCUT2D eigenvalue weighted by Crippen LogP contribution is -2.32. The van der Waals surface area contributed by atoms with Crippen LogP contribution in [0.3, 0.4) is 0 Å². The second-order valence-corrected chi connectivity index (χ2v) is 6.32. The van der Waals surface area contributed by atoms with Gasteiger partial charge in [-0.25, -0.2) is 0 Å². The van der Waals surface area contributed by atoms with E-state index in [1.165, 1.54) is 12.8 Å². The smallest absolute Gasteiger partial charge is 0.253 e. The van der Waals surface area contributed by atoms with Gasteiger partial charge < -0.3 is 15.0 Å². The highest BCUT2D eigenvalue weighted by molar-refractivity contribution is 5.94. The molecule has 0 spiro atoms. The second-order valence-electron chi connectivity index (χ2n) is 6.32. The molecule has 0 radical (unpaired) electrons. The lowest BCUT2D eigenvalue weighted by molar-refractivity contribution is -0.131. The molecule has 0 aliphatic heterocycles. The van der Waals surface area contributed by atoms with Crippen LogP contribution in [0.25, 0.3) is 0 Å². The molecule has 1 aromatic rings. The molecule has 1 unspecified atom stereocenters. The van der Waals surface area contributed by atoms with Crippen molar-refractivity contribution in [3.8, 4) is 0 Å². The molecule has 0 heterocycles. The van der Waals surface area contributed by atoms with Gasteiger partial charge in [-0.1, -0.05) is 19.8 Å². The van der Waals surface area contributed by atoms with E-state index in [0.717, 1.165) is 29.8 Å². The van der Waals surface area contributed by atoms with E-state index in [1.807, 2.05) is 39.2 Å². The molecule has 4 nitrogen and oxygen atoms in total. The number of carbonyl (C=O) groups excluding carboxylic acids is 1. The van der Waals surface area contributed by atoms with Crippen molar-refractivity contribution in [2.75, 3.05) is 24.3 Å². The number of anilines is 2. The van der Waals surface area contributed by atoms with Crippen molar-refractivity contribution in [1.82, 2.24) is 0 Å². The monoisotopic (exact) mass is 304 g/mol. The van der Waals surface area contributed by atoms with Crippen LogP contribution < -0.4 is 10.2 Å². The van der Waals surface area contributed by atoms with Gasteiger partial charge in [0.25, 0.3) is 5.91 Å². The van der Waals surface area contributed by atoms with Gasteiger partial charge in [-0.05, 0) is 49.9 Å². The van der Waals surface area contributed by atoms with Gasteiger partial charge in [0.2, 0.25) is 0 Å². The van der Waals surface area contributed by atoms with Gasteiger partial charge in [-0.3, -0.25) is 4.79 Å². The summed E-state index contributed by atoms with van der Waals surface area (Å²) in [6, 6.07) is 5.99. The van der Waals surface area contributed by atoms with Crippen LogP contribution in [-0.2, 0) is 9.53 Å². The minimum atomic E-state index is -0.350. The summed E-state index contributed by atoms with van der Waals surface area (Å²) >= 11 is 0. The Bertz CT molecular complexity index is 508. The predicted molar refractivity (Wildman–Crippen MR) is 91.6 cm³/mol. The summed E-state index contributed by atoms with van der Waals surface area (Å²) in [5, 5.41) is 2.99. The van der Waals surface area contributed by atoms with Crippen molar-refractivity contribution in [1.29, 1.82) is 0 Å². The number of nitrogens with one attached hydrogen (secondary N) is 1. The van der Waals surface area contributed by atoms with Crippen molar-refractivity contribution in [3.05, 3.63) is 23.8 Å². The molecule has 2 rings (SSSR count). The molecule has 22 heavy (non-hydrogen) atoms. The average molecular weight is 304 g/mol. The molecule has 122 valence electrons. The Kier molecular flexibility index (Phi) is 5.83. The van der Waals surface area contributed by atoms with Crippen molar-refractivity contribution in [3.63, 3.8) is 0 Å². The first kappa shape index (κ1) is 16.8. The number of hydrogen-bond acceptors (Lipinski definition) is 3. The van der Waals surface area contributed by atoms with Gasteiger partial charge >= 0.3 is 0 Å². The number of nitrogens with zero attached hydrogens (tertiary/aromatic N) is 1. The first-order valence-electron chi connectivity index (χ1n) is 8.25. The van der Waals surface area contributed by atoms with Crippen LogP contribution in [-0.4, -0.2) is 32.2 Å². The Labute approximate surface area is 133 Å². The summed E-state index contributed by atoms with van der Waals surface area (Å²) in [7, 11) is 4.03. The molecule has 1 N–H and O–H groups in total. The number of amides is 1. The molecule has 1 aliphatic rings. The highest BCUT2D eigenvalue weighted by Crippen LogP contribution is 2.24. The standard InChI is InChI=1S/C18H28N2O2/c1-5-17(22-15-8-6-7-9-15)18(21)19-14-10-11-16(20(3)4)13(2)12-14/h10-12,15,17H,5-9H2,1-4H3,(H,19,21). The Balaban J connectivity index is 1.98. The van der Waals surface area contributed by atoms with Crippen molar-refractivity contribution < 1.29 is 9.53 Å². The topological polar surface area (TPSA) is 41.6 Å². The van der Waals surface area contributed by atoms with E-state index in [1.54, 1.807) is 0 Å². The quantitative estimate of drug-likeness (QED) is 0.870. The van der Waals surface area contributed by atoms with Gasteiger partial charge in [0.1, 0.15) is 6.10 Å². The fraction of sp³-hybridized carbons (Fsp3) is 0.611. The predicted octanol–water partition coefficient (Wildman–Crippen LogP) is 3.74. The van der Waals surface area contributed by atoms with Crippen molar-refractivity contribution in [2.45, 2.75) is 58.2 Å². The molecule has 0 bridgehead atoms. The summed E-state index contributed by atoms with van der Waals surface area (Å²) in [6.07, 6.45) is 5.21. The number of ether oxygens (including phenoxy) is 1. The lowest BCUT2D eigenvalue weighted by Gasteiger charge is -2.21. The lowest BCUT2D eigenvalue weighted by atomic mass is 10.1. The van der Waals surface area contributed by atoms with Crippen LogP contribution in [0.15, 0.2) is 18.2 Å². The average Bonchev–Trinajstić information content (AvgIpc) is 2.97. The highest BCUT2D eigenvalue weighted by Gasteiger charge is 2.24. The third-order valence-corrected chi connectivity index (χ3v) is 4.27. The van der Waals surface area contributed by atoms with E-state index in [0.29, 0.717) is 6.42 Å². The highest BCUT2D eigenvalue weighted by atomic mass is 16.5. The van der Waals surface area contributed by atoms with E-state index >= 15 is 0 Å². The van der Waals surface area contributed by atoms with E-state index in [2.05, 4.69) is 17.1 Å². The third kappa shape index (κ3) is 4.23. The van der Waals surface area contributed by atoms with E-state index < -0.39 is 0 Å². The summed E-state index contributed by atoms with van der Waals surface area (Å²) in [5.74, 6) is -0.0357. The second kappa shape index (κ2) is 7.63. The Hall–Kier alpha value is -1.55. The maximum atomic E-state index is 12.4. The van der Waals surface area contributed by atoms with E-state index in [4.69, 9.17) is 4.74 Å². The first-order chi connectivity index (χ1) is 10.5. The Morgan fingerprint density at radius 3 is 2.59 bits per heavy atom. The SMILES string of the molecule is CCC(OC1CCCC1)C(=O)Nc1ccc(N(C)C)c(C)c1. The van der Waals surface area contributed by atoms with Crippen LogP contribution in [0.2, 0.25) is 0 Å². The molecule has 0 aromatic heterocycles. The molecule has 1 atom stereocenters. The van der Waals surface area contributed by atoms with E-state index in [-0.39, 0.29) is 18.1 Å². The normalized spacial score (nSPS) is 16.5. The van der Waals surface area contributed by atoms with Gasteiger partial charge in [-0.2, -0.15) is 0 Å². The fourth-order valence-electron chi connectivity index (χ4n) is 3.06. The van der Waals surface area contributed by atoms with Crippen molar-refractivity contribution in [2.24, 2.45) is 0 Å². The zero-order chi connectivity index (χ0) is 16.1. The molecule has 1 aromatic carbocycles. The van der Waals surface area contributed by atoms with Crippen molar-refractivity contribution >= 4 is 17.3 Å². The summed E-state index contributed by atoms with van der Waals surface area (Å²) in [4.78, 5) is 14.5. The Morgan fingerprint density at radius 2 is 2.05 bits per heavy atom. The largest absolute Gasteiger partial charge is 0.377 e. The van der Waals surface area contributed by atoms with Gasteiger partial charge in [-0.15, -0.1) is 0 Å². The maximum absolute atomic E-state index is 12.4. The van der Waals surface area contributed by atoms with Gasteiger partial charge in [0, 0.05) is 25.5 Å². The molecule has 1 amide bonds. The zero-order valence-corrected chi connectivity index (χ0v) is 14.2. The Morgan fingerprint density at radius 1 is 1.36 bits per heavy atom. The minimum absolute atomic E-state index is 0.0357. The number of benzene rings is 1. The molecule has 1 fully saturated rings. The first-order valence-corrected chi connectivity index (χ1v) is 8.25. The number of hydrogen-bond donors (Lipinski definition) is 1. The van der Waals surface area contributed by atoms with Crippen LogP contribution in [0.4, 0.5) is 11.4 Å². The molecular weight excluding hydrogens is 276 g/mol. The van der Waals surface area contributed by atoms with Crippen LogP contribution in [0.5, 0.6) is 0 Å². The number of rotatable bonds is 6. The molecular formula is C18H28N2O2. The number of carbonyl (C=O) groups is 1. The number of aryl methyl sites for hydroxylation is 1. The molecule has 1 saturated carbocycles. The van der Waals surface area contributed by atoms with Crippen LogP contribution in [0.1, 0.15) is 44.6 Å². The zero-order valence-electron chi connectivity index (χ0n) is 14.2. The summed E-state index contributed by atoms with van der Waals surface area (Å²) in [6.45, 7) is 4.05. The van der Waals surface area contributed by atoms with Crippen LogP contribution in [0, 0.1) is 6.92 Å². The maximum Gasteiger partial charge on any atom is 0.253 e. The molecule has 1 aliphatic carbocycles. The third-order valence-electron chi connectivity index (χ3n) is 4.27. The molecule has 4 heteroatoms. The summed E-state index contributed by atoms with van der Waals surface area (Å²) < 4.78 is 5.97. The minimum Gasteiger partial charge on any atom is -0.377 e.